The van der Waals surface area contributed by atoms with Crippen LogP contribution in [0.1, 0.15) is 25.5 Å². The van der Waals surface area contributed by atoms with E-state index in [-0.39, 0.29) is 11.7 Å². The van der Waals surface area contributed by atoms with Crippen molar-refractivity contribution < 1.29 is 13.9 Å². The quantitative estimate of drug-likeness (QED) is 0.457. The Bertz CT molecular complexity index is 575. The maximum atomic E-state index is 10.8. The largest absolute Gasteiger partial charge is 0.466 e. The van der Waals surface area contributed by atoms with Crippen LogP contribution in [0.15, 0.2) is 27.4 Å². The van der Waals surface area contributed by atoms with Crippen molar-refractivity contribution in [2.75, 3.05) is 6.61 Å². The van der Waals surface area contributed by atoms with Crippen LogP contribution >= 0.6 is 0 Å². The lowest BCUT2D eigenvalue weighted by molar-refractivity contribution is -0.141. The summed E-state index contributed by atoms with van der Waals surface area (Å²) in [5.41, 5.74) is -0.434. The van der Waals surface area contributed by atoms with Crippen LogP contribution in [-0.4, -0.2) is 12.6 Å². The van der Waals surface area contributed by atoms with Crippen LogP contribution in [0.4, 0.5) is 0 Å². The average molecular weight is 244 g/mol. The van der Waals surface area contributed by atoms with Crippen LogP contribution in [-0.2, 0) is 9.53 Å². The minimum Gasteiger partial charge on any atom is -0.466 e. The van der Waals surface area contributed by atoms with Gasteiger partial charge in [-0.2, -0.15) is 0 Å². The summed E-state index contributed by atoms with van der Waals surface area (Å²) in [5.74, 6) is 10.6. The molecular weight excluding hydrogens is 232 g/mol. The van der Waals surface area contributed by atoms with Crippen molar-refractivity contribution in [1.82, 2.24) is 0 Å². The van der Waals surface area contributed by atoms with Crippen LogP contribution in [0.5, 0.6) is 0 Å². The summed E-state index contributed by atoms with van der Waals surface area (Å²) in [5, 5.41) is 0. The van der Waals surface area contributed by atoms with Gasteiger partial charge in [-0.15, -0.1) is 0 Å². The van der Waals surface area contributed by atoms with Gasteiger partial charge in [0, 0.05) is 19.4 Å². The molecule has 18 heavy (non-hydrogen) atoms. The van der Waals surface area contributed by atoms with E-state index < -0.39 is 5.63 Å². The highest BCUT2D eigenvalue weighted by Crippen LogP contribution is 1.90. The molecule has 92 valence electrons. The van der Waals surface area contributed by atoms with E-state index in [9.17, 15) is 9.59 Å². The van der Waals surface area contributed by atoms with Gasteiger partial charge in [-0.3, -0.25) is 4.79 Å². The molecule has 0 saturated carbocycles. The second-order valence-corrected chi connectivity index (χ2v) is 3.31. The third kappa shape index (κ3) is 6.19. The number of carbonyl (C=O) groups excluding carboxylic acids is 1. The molecule has 0 spiro atoms. The summed E-state index contributed by atoms with van der Waals surface area (Å²) >= 11 is 0. The van der Waals surface area contributed by atoms with Gasteiger partial charge < -0.3 is 9.15 Å². The first-order chi connectivity index (χ1) is 8.68. The highest BCUT2D eigenvalue weighted by atomic mass is 16.5. The van der Waals surface area contributed by atoms with Crippen molar-refractivity contribution in [2.24, 2.45) is 0 Å². The first kappa shape index (κ1) is 13.6. The molecule has 4 heteroatoms. The first-order valence-corrected chi connectivity index (χ1v) is 5.41. The van der Waals surface area contributed by atoms with Crippen molar-refractivity contribution >= 4 is 5.97 Å². The molecule has 0 aliphatic heterocycles. The van der Waals surface area contributed by atoms with E-state index in [1.54, 1.807) is 12.1 Å². The van der Waals surface area contributed by atoms with E-state index in [0.717, 1.165) is 0 Å². The average Bonchev–Trinajstić information content (AvgIpc) is 2.32. The SMILES string of the molecule is CC(=O)OCCCC#CC#Cc1cccc(=O)o1. The second kappa shape index (κ2) is 7.76. The molecule has 0 aliphatic rings. The van der Waals surface area contributed by atoms with Crippen LogP contribution in [0.3, 0.4) is 0 Å². The minimum atomic E-state index is -0.434. The molecule has 0 fully saturated rings. The fourth-order valence-electron chi connectivity index (χ4n) is 1.03. The van der Waals surface area contributed by atoms with E-state index in [1.165, 1.54) is 13.0 Å². The normalized spacial score (nSPS) is 8.50. The molecule has 1 rings (SSSR count). The summed E-state index contributed by atoms with van der Waals surface area (Å²) in [6, 6.07) is 4.48. The van der Waals surface area contributed by atoms with E-state index in [1.807, 2.05) is 0 Å². The van der Waals surface area contributed by atoms with Gasteiger partial charge in [0.1, 0.15) is 0 Å². The zero-order valence-corrected chi connectivity index (χ0v) is 9.99. The van der Waals surface area contributed by atoms with Crippen molar-refractivity contribution in [1.29, 1.82) is 0 Å². The topological polar surface area (TPSA) is 56.5 Å². The molecule has 0 aromatic carbocycles. The van der Waals surface area contributed by atoms with Crippen molar-refractivity contribution in [3.8, 4) is 23.7 Å². The highest BCUT2D eigenvalue weighted by molar-refractivity contribution is 5.65. The Morgan fingerprint density at radius 3 is 2.94 bits per heavy atom. The van der Waals surface area contributed by atoms with Crippen LogP contribution < -0.4 is 5.63 Å². The lowest BCUT2D eigenvalue weighted by atomic mass is 10.3. The Hall–Kier alpha value is -2.46. The predicted octanol–water partition coefficient (Wildman–Crippen LogP) is 1.34. The Morgan fingerprint density at radius 2 is 2.22 bits per heavy atom. The number of hydrogen-bond donors (Lipinski definition) is 0. The first-order valence-electron chi connectivity index (χ1n) is 5.41. The Kier molecular flexibility index (Phi) is 5.86. The van der Waals surface area contributed by atoms with Gasteiger partial charge in [0.05, 0.1) is 6.61 Å². The van der Waals surface area contributed by atoms with E-state index in [4.69, 9.17) is 9.15 Å². The monoisotopic (exact) mass is 244 g/mol. The van der Waals surface area contributed by atoms with Gasteiger partial charge in [-0.05, 0) is 30.2 Å². The summed E-state index contributed by atoms with van der Waals surface area (Å²) in [7, 11) is 0. The van der Waals surface area contributed by atoms with Crippen LogP contribution in [0.25, 0.3) is 0 Å². The molecule has 0 aliphatic carbocycles. The summed E-state index contributed by atoms with van der Waals surface area (Å²) in [4.78, 5) is 21.3. The van der Waals surface area contributed by atoms with Gasteiger partial charge in [0.2, 0.25) is 0 Å². The molecule has 1 aromatic heterocycles. The molecule has 1 aromatic rings. The van der Waals surface area contributed by atoms with Crippen molar-refractivity contribution in [3.63, 3.8) is 0 Å². The molecule has 0 N–H and O–H groups in total. The standard InChI is InChI=1S/C14H12O4/c1-12(15)17-11-6-4-2-3-5-8-13-9-7-10-14(16)18-13/h7,9-10H,4,6,11H2,1H3. The second-order valence-electron chi connectivity index (χ2n) is 3.31. The number of rotatable bonds is 3. The summed E-state index contributed by atoms with van der Waals surface area (Å²) < 4.78 is 9.53. The molecule has 1 heterocycles. The maximum absolute atomic E-state index is 10.8. The number of esters is 1. The zero-order valence-electron chi connectivity index (χ0n) is 9.99. The maximum Gasteiger partial charge on any atom is 0.336 e. The molecule has 0 radical (unpaired) electrons. The Balaban J connectivity index is 2.33. The van der Waals surface area contributed by atoms with Crippen LogP contribution in [0, 0.1) is 23.7 Å². The molecular formula is C14H12O4. The number of unbranched alkanes of at least 4 members (excludes halogenated alkanes) is 1. The van der Waals surface area contributed by atoms with Gasteiger partial charge in [-0.1, -0.05) is 12.0 Å². The van der Waals surface area contributed by atoms with Crippen LogP contribution in [0.2, 0.25) is 0 Å². The third-order valence-corrected chi connectivity index (χ3v) is 1.78. The number of carbonyl (C=O) groups is 1. The molecule has 0 atom stereocenters. The Labute approximate surface area is 105 Å². The van der Waals surface area contributed by atoms with Gasteiger partial charge in [0.25, 0.3) is 0 Å². The van der Waals surface area contributed by atoms with Gasteiger partial charge in [-0.25, -0.2) is 4.79 Å². The lowest BCUT2D eigenvalue weighted by Crippen LogP contribution is -1.99. The minimum absolute atomic E-state index is 0.289. The number of hydrogen-bond acceptors (Lipinski definition) is 4. The Morgan fingerprint density at radius 1 is 1.39 bits per heavy atom. The van der Waals surface area contributed by atoms with E-state index >= 15 is 0 Å². The number of ether oxygens (including phenoxy) is 1. The summed E-state index contributed by atoms with van der Waals surface area (Å²) in [6.45, 7) is 1.73. The molecule has 4 nitrogen and oxygen atoms in total. The van der Waals surface area contributed by atoms with Crippen molar-refractivity contribution in [3.05, 3.63) is 34.4 Å². The molecule has 0 amide bonds. The highest BCUT2D eigenvalue weighted by Gasteiger charge is 1.90. The molecule has 0 unspecified atom stereocenters. The fourth-order valence-corrected chi connectivity index (χ4v) is 1.03. The van der Waals surface area contributed by atoms with E-state index in [0.29, 0.717) is 19.4 Å². The third-order valence-electron chi connectivity index (χ3n) is 1.78. The predicted molar refractivity (Wildman–Crippen MR) is 65.5 cm³/mol. The zero-order chi connectivity index (χ0) is 13.2. The summed E-state index contributed by atoms with van der Waals surface area (Å²) in [6.07, 6.45) is 1.27. The molecule has 0 bridgehead atoms. The van der Waals surface area contributed by atoms with E-state index in [2.05, 4.69) is 23.7 Å². The van der Waals surface area contributed by atoms with Crippen molar-refractivity contribution in [2.45, 2.75) is 19.8 Å². The molecule has 0 saturated heterocycles. The fraction of sp³-hybridized carbons (Fsp3) is 0.286. The lowest BCUT2D eigenvalue weighted by Gasteiger charge is -1.96. The van der Waals surface area contributed by atoms with Gasteiger partial charge in [0.15, 0.2) is 5.76 Å². The smallest absolute Gasteiger partial charge is 0.336 e. The van der Waals surface area contributed by atoms with Gasteiger partial charge >= 0.3 is 11.6 Å².